The third kappa shape index (κ3) is 3.29. The van der Waals surface area contributed by atoms with Crippen LogP contribution in [-0.2, 0) is 4.79 Å². The Morgan fingerprint density at radius 3 is 2.55 bits per heavy atom. The van der Waals surface area contributed by atoms with Gasteiger partial charge in [-0.2, -0.15) is 11.2 Å². The number of carbonyl (C=O) groups is 1. The molecule has 0 aromatic rings. The summed E-state index contributed by atoms with van der Waals surface area (Å²) in [6, 6.07) is 0.472. The summed E-state index contributed by atoms with van der Waals surface area (Å²) in [7, 11) is -0.959. The topological polar surface area (TPSA) is 29.1 Å². The van der Waals surface area contributed by atoms with Crippen LogP contribution in [-0.4, -0.2) is 24.9 Å². The highest BCUT2D eigenvalue weighted by Crippen LogP contribution is 2.22. The average molecular weight is 189 g/mol. The second kappa shape index (κ2) is 3.19. The molecule has 64 valence electrons. The molecule has 0 spiro atoms. The Kier molecular flexibility index (Phi) is 2.64. The van der Waals surface area contributed by atoms with Crippen molar-refractivity contribution in [3.05, 3.63) is 0 Å². The molecule has 0 bridgehead atoms. The van der Waals surface area contributed by atoms with Gasteiger partial charge in [-0.15, -0.1) is 0 Å². The summed E-state index contributed by atoms with van der Waals surface area (Å²) < 4.78 is 0. The van der Waals surface area contributed by atoms with E-state index in [9.17, 15) is 4.79 Å². The maximum atomic E-state index is 10.5. The van der Waals surface area contributed by atoms with E-state index < -0.39 is 7.22 Å². The highest BCUT2D eigenvalue weighted by Gasteiger charge is 2.26. The van der Waals surface area contributed by atoms with E-state index in [4.69, 9.17) is 0 Å². The Morgan fingerprint density at radius 2 is 2.18 bits per heavy atom. The van der Waals surface area contributed by atoms with Crippen LogP contribution >= 0.6 is 11.2 Å². The molecule has 1 rings (SSSR count). The Morgan fingerprint density at radius 1 is 1.64 bits per heavy atom. The van der Waals surface area contributed by atoms with Crippen molar-refractivity contribution in [3.63, 3.8) is 0 Å². The Bertz CT molecular complexity index is 158. The standard InChI is InChI=1S/C7H15NOSSi/c1-11(2,3)10-5-6-4-7(9)8-6/h6H,4-5H2,1-3H3,(H,8,9). The highest BCUT2D eigenvalue weighted by atomic mass is 32.4. The number of rotatable bonds is 3. The van der Waals surface area contributed by atoms with Gasteiger partial charge in [-0.3, -0.25) is 4.79 Å². The summed E-state index contributed by atoms with van der Waals surface area (Å²) in [4.78, 5) is 10.5. The van der Waals surface area contributed by atoms with Gasteiger partial charge in [0.2, 0.25) is 5.91 Å². The molecule has 1 atom stereocenters. The molecule has 0 aliphatic carbocycles. The fraction of sp³-hybridized carbons (Fsp3) is 0.857. The van der Waals surface area contributed by atoms with Crippen LogP contribution in [0.4, 0.5) is 0 Å². The van der Waals surface area contributed by atoms with Crippen molar-refractivity contribution in [3.8, 4) is 0 Å². The smallest absolute Gasteiger partial charge is 0.222 e. The minimum Gasteiger partial charge on any atom is -0.352 e. The van der Waals surface area contributed by atoms with Crippen molar-refractivity contribution in [1.29, 1.82) is 0 Å². The second-order valence-corrected chi connectivity index (χ2v) is 13.3. The molecule has 1 N–H and O–H groups in total. The molecule has 0 radical (unpaired) electrons. The Balaban J connectivity index is 2.10. The van der Waals surface area contributed by atoms with Crippen molar-refractivity contribution < 1.29 is 4.79 Å². The lowest BCUT2D eigenvalue weighted by Gasteiger charge is -2.28. The van der Waals surface area contributed by atoms with Crippen LogP contribution in [0.15, 0.2) is 0 Å². The van der Waals surface area contributed by atoms with Crippen molar-refractivity contribution in [2.45, 2.75) is 32.1 Å². The summed E-state index contributed by atoms with van der Waals surface area (Å²) in [6.45, 7) is 6.99. The lowest BCUT2D eigenvalue weighted by atomic mass is 10.1. The molecule has 0 saturated carbocycles. The number of nitrogens with one attached hydrogen (secondary N) is 1. The first-order valence-corrected chi connectivity index (χ1v) is 9.12. The molecule has 1 amide bonds. The van der Waals surface area contributed by atoms with Crippen LogP contribution in [0.25, 0.3) is 0 Å². The first-order chi connectivity index (χ1) is 4.97. The van der Waals surface area contributed by atoms with E-state index in [-0.39, 0.29) is 5.91 Å². The molecule has 1 saturated heterocycles. The molecular weight excluding hydrogens is 174 g/mol. The molecule has 2 nitrogen and oxygen atoms in total. The number of β-lactam (4-membered cyclic amide) rings is 1. The van der Waals surface area contributed by atoms with Gasteiger partial charge in [-0.05, 0) is 0 Å². The fourth-order valence-electron chi connectivity index (χ4n) is 0.882. The summed E-state index contributed by atoms with van der Waals surface area (Å²) in [5, 5.41) is 2.88. The van der Waals surface area contributed by atoms with Gasteiger partial charge < -0.3 is 5.32 Å². The van der Waals surface area contributed by atoms with E-state index in [0.29, 0.717) is 6.04 Å². The third-order valence-corrected chi connectivity index (χ3v) is 6.05. The molecule has 1 heterocycles. The van der Waals surface area contributed by atoms with Gasteiger partial charge in [0, 0.05) is 18.2 Å². The van der Waals surface area contributed by atoms with Crippen molar-refractivity contribution in [2.24, 2.45) is 0 Å². The molecule has 0 aromatic carbocycles. The van der Waals surface area contributed by atoms with Gasteiger partial charge in [0.05, 0.1) is 0 Å². The van der Waals surface area contributed by atoms with Crippen LogP contribution < -0.4 is 5.32 Å². The predicted molar refractivity (Wildman–Crippen MR) is 52.4 cm³/mol. The molecule has 4 heteroatoms. The lowest BCUT2D eigenvalue weighted by molar-refractivity contribution is -0.127. The molecular formula is C7H15NOSSi. The predicted octanol–water partition coefficient (Wildman–Crippen LogP) is 1.44. The van der Waals surface area contributed by atoms with Crippen molar-refractivity contribution in [1.82, 2.24) is 5.32 Å². The number of carbonyl (C=O) groups excluding carboxylic acids is 1. The lowest BCUT2D eigenvalue weighted by Crippen LogP contribution is -2.50. The zero-order valence-electron chi connectivity index (χ0n) is 7.31. The quantitative estimate of drug-likeness (QED) is 0.538. The summed E-state index contributed by atoms with van der Waals surface area (Å²) in [6.07, 6.45) is 0.748. The molecule has 1 unspecified atom stereocenters. The first kappa shape index (κ1) is 9.13. The largest absolute Gasteiger partial charge is 0.352 e. The van der Waals surface area contributed by atoms with Crippen molar-refractivity contribution >= 4 is 24.3 Å². The average Bonchev–Trinajstić information content (AvgIpc) is 1.75. The summed E-state index contributed by atoms with van der Waals surface area (Å²) in [5.41, 5.74) is 0. The van der Waals surface area contributed by atoms with E-state index in [1.54, 1.807) is 0 Å². The van der Waals surface area contributed by atoms with Gasteiger partial charge in [-0.25, -0.2) is 0 Å². The zero-order valence-corrected chi connectivity index (χ0v) is 9.12. The van der Waals surface area contributed by atoms with Gasteiger partial charge in [0.15, 0.2) is 0 Å². The van der Waals surface area contributed by atoms with Crippen molar-refractivity contribution in [2.75, 3.05) is 5.75 Å². The van der Waals surface area contributed by atoms with E-state index >= 15 is 0 Å². The maximum Gasteiger partial charge on any atom is 0.222 e. The van der Waals surface area contributed by atoms with Crippen LogP contribution in [0.2, 0.25) is 19.6 Å². The molecule has 1 aliphatic heterocycles. The van der Waals surface area contributed by atoms with Gasteiger partial charge in [0.1, 0.15) is 7.22 Å². The Hall–Kier alpha value is 0.0369. The summed E-state index contributed by atoms with van der Waals surface area (Å²) >= 11 is 2.04. The normalized spacial score (nSPS) is 24.3. The molecule has 1 fully saturated rings. The molecule has 0 aromatic heterocycles. The fourth-order valence-corrected chi connectivity index (χ4v) is 3.89. The van der Waals surface area contributed by atoms with E-state index in [1.807, 2.05) is 11.2 Å². The monoisotopic (exact) mass is 189 g/mol. The molecule has 11 heavy (non-hydrogen) atoms. The van der Waals surface area contributed by atoms with E-state index in [0.717, 1.165) is 12.2 Å². The molecule has 1 aliphatic rings. The van der Waals surface area contributed by atoms with Gasteiger partial charge >= 0.3 is 0 Å². The minimum atomic E-state index is -0.959. The van der Waals surface area contributed by atoms with Crippen LogP contribution in [0.1, 0.15) is 6.42 Å². The van der Waals surface area contributed by atoms with Gasteiger partial charge in [-0.1, -0.05) is 19.6 Å². The zero-order chi connectivity index (χ0) is 8.48. The highest BCUT2D eigenvalue weighted by molar-refractivity contribution is 8.28. The Labute approximate surface area is 72.8 Å². The maximum absolute atomic E-state index is 10.5. The van der Waals surface area contributed by atoms with Gasteiger partial charge in [0.25, 0.3) is 0 Å². The van der Waals surface area contributed by atoms with E-state index in [1.165, 1.54) is 0 Å². The number of hydrogen-bond donors (Lipinski definition) is 1. The van der Waals surface area contributed by atoms with E-state index in [2.05, 4.69) is 25.0 Å². The van der Waals surface area contributed by atoms with Crippen LogP contribution in [0.5, 0.6) is 0 Å². The SMILES string of the molecule is C[Si](C)(C)SCC1CC(=O)N1. The number of amides is 1. The number of hydrogen-bond acceptors (Lipinski definition) is 2. The van der Waals surface area contributed by atoms with Crippen LogP contribution in [0, 0.1) is 0 Å². The van der Waals surface area contributed by atoms with Crippen LogP contribution in [0.3, 0.4) is 0 Å². The first-order valence-electron chi connectivity index (χ1n) is 3.91. The third-order valence-electron chi connectivity index (χ3n) is 1.51. The minimum absolute atomic E-state index is 0.214. The summed E-state index contributed by atoms with van der Waals surface area (Å²) in [5.74, 6) is 1.33. The second-order valence-electron chi connectivity index (χ2n) is 3.89.